The number of rotatable bonds is 5. The summed E-state index contributed by atoms with van der Waals surface area (Å²) in [4.78, 5) is 0. The molecule has 1 unspecified atom stereocenters. The van der Waals surface area contributed by atoms with E-state index in [2.05, 4.69) is 6.07 Å². The van der Waals surface area contributed by atoms with E-state index < -0.39 is 0 Å². The van der Waals surface area contributed by atoms with Gasteiger partial charge in [0.2, 0.25) is 0 Å². The van der Waals surface area contributed by atoms with E-state index in [9.17, 15) is 0 Å². The van der Waals surface area contributed by atoms with Crippen molar-refractivity contribution in [1.82, 2.24) is 0 Å². The normalized spacial score (nSPS) is 12.2. The van der Waals surface area contributed by atoms with Crippen molar-refractivity contribution in [2.24, 2.45) is 5.92 Å². The zero-order valence-electron chi connectivity index (χ0n) is 9.68. The summed E-state index contributed by atoms with van der Waals surface area (Å²) in [5, 5.41) is 17.7. The van der Waals surface area contributed by atoms with Gasteiger partial charge < -0.3 is 9.84 Å². The van der Waals surface area contributed by atoms with E-state index >= 15 is 0 Å². The first kappa shape index (κ1) is 12.5. The third kappa shape index (κ3) is 3.92. The molecule has 0 radical (unpaired) electrons. The predicted octanol–water partition coefficient (Wildman–Crippen LogP) is 2.15. The number of aliphatic hydroxyl groups is 1. The summed E-state index contributed by atoms with van der Waals surface area (Å²) in [6, 6.07) is 9.72. The number of hydrogen-bond donors (Lipinski definition) is 1. The molecule has 0 spiro atoms. The minimum atomic E-state index is -0.339. The molecular weight excluding hydrogens is 202 g/mol. The first-order chi connectivity index (χ1) is 7.65. The number of nitriles is 1. The second-order valence-electron chi connectivity index (χ2n) is 4.03. The fourth-order valence-corrected chi connectivity index (χ4v) is 1.45. The molecular formula is C13H17NO2. The van der Waals surface area contributed by atoms with E-state index in [1.54, 1.807) is 0 Å². The predicted molar refractivity (Wildman–Crippen MR) is 62.1 cm³/mol. The third-order valence-corrected chi connectivity index (χ3v) is 2.16. The maximum atomic E-state index is 8.95. The van der Waals surface area contributed by atoms with E-state index in [1.807, 2.05) is 38.1 Å². The Labute approximate surface area is 96.3 Å². The fourth-order valence-electron chi connectivity index (χ4n) is 1.45. The molecule has 0 aliphatic heterocycles. The molecule has 1 N–H and O–H groups in total. The summed E-state index contributed by atoms with van der Waals surface area (Å²) in [6.45, 7) is 3.84. The number of benzene rings is 1. The number of hydrogen-bond acceptors (Lipinski definition) is 3. The average Bonchev–Trinajstić information content (AvgIpc) is 2.25. The highest BCUT2D eigenvalue weighted by molar-refractivity contribution is 5.29. The van der Waals surface area contributed by atoms with E-state index in [1.165, 1.54) is 0 Å². The van der Waals surface area contributed by atoms with Crippen LogP contribution in [0.25, 0.3) is 0 Å². The smallest absolute Gasteiger partial charge is 0.119 e. The van der Waals surface area contributed by atoms with Crippen molar-refractivity contribution in [3.05, 3.63) is 29.8 Å². The van der Waals surface area contributed by atoms with Crippen molar-refractivity contribution in [3.8, 4) is 11.8 Å². The van der Waals surface area contributed by atoms with Crippen LogP contribution in [0.2, 0.25) is 0 Å². The van der Waals surface area contributed by atoms with Gasteiger partial charge in [-0.05, 0) is 38.0 Å². The van der Waals surface area contributed by atoms with Gasteiger partial charge in [-0.3, -0.25) is 0 Å². The highest BCUT2D eigenvalue weighted by atomic mass is 16.5. The van der Waals surface area contributed by atoms with Crippen molar-refractivity contribution < 1.29 is 9.84 Å². The summed E-state index contributed by atoms with van der Waals surface area (Å²) in [5.74, 6) is 0.469. The molecule has 1 aromatic rings. The Balaban J connectivity index is 2.71. The van der Waals surface area contributed by atoms with Crippen LogP contribution < -0.4 is 4.74 Å². The molecule has 0 bridgehead atoms. The maximum Gasteiger partial charge on any atom is 0.119 e. The maximum absolute atomic E-state index is 8.95. The van der Waals surface area contributed by atoms with Crippen LogP contribution in [0.4, 0.5) is 0 Å². The second-order valence-corrected chi connectivity index (χ2v) is 4.03. The van der Waals surface area contributed by atoms with Crippen molar-refractivity contribution in [1.29, 1.82) is 5.26 Å². The lowest BCUT2D eigenvalue weighted by Gasteiger charge is -2.11. The topological polar surface area (TPSA) is 53.2 Å². The van der Waals surface area contributed by atoms with Gasteiger partial charge >= 0.3 is 0 Å². The van der Waals surface area contributed by atoms with Gasteiger partial charge in [-0.1, -0.05) is 12.1 Å². The quantitative estimate of drug-likeness (QED) is 0.825. The monoisotopic (exact) mass is 219 g/mol. The third-order valence-electron chi connectivity index (χ3n) is 2.16. The van der Waals surface area contributed by atoms with Crippen molar-refractivity contribution in [3.63, 3.8) is 0 Å². The molecule has 16 heavy (non-hydrogen) atoms. The molecule has 1 atom stereocenters. The van der Waals surface area contributed by atoms with E-state index in [0.29, 0.717) is 6.42 Å². The Hall–Kier alpha value is -1.53. The number of ether oxygens (including phenoxy) is 1. The lowest BCUT2D eigenvalue weighted by Crippen LogP contribution is -2.08. The van der Waals surface area contributed by atoms with Gasteiger partial charge in [0, 0.05) is 0 Å². The Bertz CT molecular complexity index is 368. The van der Waals surface area contributed by atoms with Gasteiger partial charge in [-0.15, -0.1) is 0 Å². The number of nitrogens with zero attached hydrogens (tertiary/aromatic N) is 1. The summed E-state index contributed by atoms with van der Waals surface area (Å²) in [6.07, 6.45) is 0.697. The number of aliphatic hydroxyl groups excluding tert-OH is 1. The Kier molecular flexibility index (Phi) is 4.81. The van der Waals surface area contributed by atoms with Crippen molar-refractivity contribution in [2.45, 2.75) is 26.4 Å². The lowest BCUT2D eigenvalue weighted by atomic mass is 10.0. The van der Waals surface area contributed by atoms with E-state index in [-0.39, 0.29) is 18.6 Å². The van der Waals surface area contributed by atoms with Crippen molar-refractivity contribution in [2.75, 3.05) is 6.61 Å². The highest BCUT2D eigenvalue weighted by Crippen LogP contribution is 2.17. The molecule has 0 aromatic heterocycles. The van der Waals surface area contributed by atoms with Gasteiger partial charge in [0.05, 0.1) is 24.7 Å². The average molecular weight is 219 g/mol. The molecule has 0 aliphatic rings. The summed E-state index contributed by atoms with van der Waals surface area (Å²) in [7, 11) is 0. The molecule has 0 saturated carbocycles. The highest BCUT2D eigenvalue weighted by Gasteiger charge is 2.07. The first-order valence-electron chi connectivity index (χ1n) is 5.41. The molecule has 0 heterocycles. The zero-order valence-corrected chi connectivity index (χ0v) is 9.68. The van der Waals surface area contributed by atoms with Gasteiger partial charge in [-0.25, -0.2) is 0 Å². The summed E-state index contributed by atoms with van der Waals surface area (Å²) >= 11 is 0. The van der Waals surface area contributed by atoms with Crippen LogP contribution in [0, 0.1) is 17.2 Å². The molecule has 86 valence electrons. The minimum absolute atomic E-state index is 0.105. The molecule has 3 heteroatoms. The van der Waals surface area contributed by atoms with Gasteiger partial charge in [0.25, 0.3) is 0 Å². The van der Waals surface area contributed by atoms with Crippen molar-refractivity contribution >= 4 is 0 Å². The standard InChI is InChI=1S/C13H17NO2/c1-10(2)16-13-5-3-4-11(7-13)6-12(8-14)9-15/h3-5,7,10,12,15H,6,9H2,1-2H3. The summed E-state index contributed by atoms with van der Waals surface area (Å²) in [5.41, 5.74) is 1.01. The van der Waals surface area contributed by atoms with Crippen LogP contribution in [-0.4, -0.2) is 17.8 Å². The summed E-state index contributed by atoms with van der Waals surface area (Å²) < 4.78 is 5.56. The molecule has 0 aliphatic carbocycles. The lowest BCUT2D eigenvalue weighted by molar-refractivity contribution is 0.241. The van der Waals surface area contributed by atoms with Crippen LogP contribution in [0.5, 0.6) is 5.75 Å². The van der Waals surface area contributed by atoms with Crippen LogP contribution in [0.1, 0.15) is 19.4 Å². The molecule has 0 fully saturated rings. The Morgan fingerprint density at radius 1 is 1.44 bits per heavy atom. The van der Waals surface area contributed by atoms with Gasteiger partial charge in [0.1, 0.15) is 5.75 Å². The zero-order chi connectivity index (χ0) is 12.0. The molecule has 0 saturated heterocycles. The largest absolute Gasteiger partial charge is 0.491 e. The molecule has 1 aromatic carbocycles. The molecule has 1 rings (SSSR count). The van der Waals surface area contributed by atoms with Crippen LogP contribution >= 0.6 is 0 Å². The van der Waals surface area contributed by atoms with Crippen LogP contribution in [0.3, 0.4) is 0 Å². The van der Waals surface area contributed by atoms with Gasteiger partial charge in [-0.2, -0.15) is 5.26 Å². The Morgan fingerprint density at radius 2 is 2.19 bits per heavy atom. The SMILES string of the molecule is CC(C)Oc1cccc(CC(C#N)CO)c1. The fraction of sp³-hybridized carbons (Fsp3) is 0.462. The van der Waals surface area contributed by atoms with Gasteiger partial charge in [0.15, 0.2) is 0 Å². The van der Waals surface area contributed by atoms with Crippen LogP contribution in [0.15, 0.2) is 24.3 Å². The molecule has 3 nitrogen and oxygen atoms in total. The minimum Gasteiger partial charge on any atom is -0.491 e. The second kappa shape index (κ2) is 6.14. The molecule has 0 amide bonds. The van der Waals surface area contributed by atoms with Crippen LogP contribution in [-0.2, 0) is 6.42 Å². The first-order valence-corrected chi connectivity index (χ1v) is 5.41. The van der Waals surface area contributed by atoms with E-state index in [4.69, 9.17) is 15.1 Å². The Morgan fingerprint density at radius 3 is 2.75 bits per heavy atom. The van der Waals surface area contributed by atoms with E-state index in [0.717, 1.165) is 11.3 Å².